The van der Waals surface area contributed by atoms with Crippen molar-refractivity contribution in [3.63, 3.8) is 0 Å². The van der Waals surface area contributed by atoms with Crippen molar-refractivity contribution in [1.29, 1.82) is 0 Å². The van der Waals surface area contributed by atoms with E-state index in [-0.39, 0.29) is 16.7 Å². The van der Waals surface area contributed by atoms with Crippen LogP contribution >= 0.6 is 0 Å². The summed E-state index contributed by atoms with van der Waals surface area (Å²) in [7, 11) is 0. The van der Waals surface area contributed by atoms with Crippen LogP contribution in [0.4, 0.5) is 17.1 Å². The van der Waals surface area contributed by atoms with Gasteiger partial charge in [0.15, 0.2) is 0 Å². The summed E-state index contributed by atoms with van der Waals surface area (Å²) in [5.41, 5.74) is 14.6. The molecular formula is C54H42N2. The molecule has 0 fully saturated rings. The molecule has 56 heavy (non-hydrogen) atoms. The molecule has 2 aliphatic heterocycles. The third-order valence-corrected chi connectivity index (χ3v) is 13.6. The van der Waals surface area contributed by atoms with Crippen molar-refractivity contribution in [3.8, 4) is 5.69 Å². The van der Waals surface area contributed by atoms with Gasteiger partial charge in [0.05, 0.1) is 16.7 Å². The Labute approximate surface area is 327 Å². The van der Waals surface area contributed by atoms with Gasteiger partial charge in [-0.2, -0.15) is 0 Å². The number of aromatic nitrogens is 1. The van der Waals surface area contributed by atoms with Crippen molar-refractivity contribution in [2.75, 3.05) is 4.90 Å². The van der Waals surface area contributed by atoms with Crippen molar-refractivity contribution in [1.82, 2.24) is 4.57 Å². The SMILES string of the molecule is CC1(C)c2cccc3c2-n2c4c1cccc4c1cc(C4C=c5ccc(N(c6ccc7ccccc7c6)c6ccc7ccccc7c6)cc5=CC4)cc(c12)C3(C)C. The van der Waals surface area contributed by atoms with E-state index in [2.05, 4.69) is 201 Å². The lowest BCUT2D eigenvalue weighted by atomic mass is 9.68. The maximum absolute atomic E-state index is 2.63. The van der Waals surface area contributed by atoms with Crippen LogP contribution in [0.1, 0.15) is 67.9 Å². The highest BCUT2D eigenvalue weighted by Crippen LogP contribution is 2.55. The van der Waals surface area contributed by atoms with E-state index in [9.17, 15) is 0 Å². The van der Waals surface area contributed by atoms with Gasteiger partial charge in [-0.05, 0) is 109 Å². The Hall–Kier alpha value is -6.38. The van der Waals surface area contributed by atoms with Gasteiger partial charge in [0.1, 0.15) is 0 Å². The second-order valence-electron chi connectivity index (χ2n) is 17.4. The topological polar surface area (TPSA) is 8.17 Å². The van der Waals surface area contributed by atoms with E-state index in [4.69, 9.17) is 0 Å². The molecule has 0 radical (unpaired) electrons. The van der Waals surface area contributed by atoms with Gasteiger partial charge in [0.2, 0.25) is 0 Å². The fraction of sp³-hybridized carbons (Fsp3) is 0.148. The second-order valence-corrected chi connectivity index (χ2v) is 17.4. The normalized spacial score (nSPS) is 16.9. The lowest BCUT2D eigenvalue weighted by Crippen LogP contribution is -2.33. The third kappa shape index (κ3) is 4.27. The zero-order valence-electron chi connectivity index (χ0n) is 32.3. The highest BCUT2D eigenvalue weighted by Gasteiger charge is 2.43. The first kappa shape index (κ1) is 31.9. The third-order valence-electron chi connectivity index (χ3n) is 13.6. The number of nitrogens with zero attached hydrogens (tertiary/aromatic N) is 2. The molecule has 1 aromatic heterocycles. The summed E-state index contributed by atoms with van der Waals surface area (Å²) in [6.07, 6.45) is 5.96. The molecule has 8 aromatic carbocycles. The highest BCUT2D eigenvalue weighted by atomic mass is 15.1. The summed E-state index contributed by atoms with van der Waals surface area (Å²) in [6.45, 7) is 9.69. The number of hydrogen-bond acceptors (Lipinski definition) is 1. The van der Waals surface area contributed by atoms with Crippen LogP contribution in [0.3, 0.4) is 0 Å². The molecule has 9 aromatic rings. The van der Waals surface area contributed by atoms with E-state index in [1.807, 2.05) is 0 Å². The Morgan fingerprint density at radius 1 is 0.482 bits per heavy atom. The Kier molecular flexibility index (Phi) is 6.33. The van der Waals surface area contributed by atoms with Crippen LogP contribution in [0.15, 0.2) is 152 Å². The maximum Gasteiger partial charge on any atom is 0.0582 e. The summed E-state index contributed by atoms with van der Waals surface area (Å²) in [5.74, 6) is 0.290. The fourth-order valence-electron chi connectivity index (χ4n) is 10.6. The second kappa shape index (κ2) is 11.1. The van der Waals surface area contributed by atoms with E-state index >= 15 is 0 Å². The lowest BCUT2D eigenvalue weighted by molar-refractivity contribution is 0.593. The summed E-state index contributed by atoms with van der Waals surface area (Å²) in [5, 5.41) is 10.3. The van der Waals surface area contributed by atoms with Gasteiger partial charge in [0.25, 0.3) is 0 Å². The molecule has 0 N–H and O–H groups in total. The van der Waals surface area contributed by atoms with Crippen LogP contribution in [-0.2, 0) is 10.8 Å². The Bertz CT molecular complexity index is 3220. The van der Waals surface area contributed by atoms with Crippen molar-refractivity contribution in [2.45, 2.75) is 50.9 Å². The molecule has 1 unspecified atom stereocenters. The molecule has 0 amide bonds. The Morgan fingerprint density at radius 3 is 1.75 bits per heavy atom. The van der Waals surface area contributed by atoms with Gasteiger partial charge < -0.3 is 9.47 Å². The van der Waals surface area contributed by atoms with Crippen LogP contribution in [-0.4, -0.2) is 4.57 Å². The first-order valence-electron chi connectivity index (χ1n) is 20.1. The molecule has 0 spiro atoms. The van der Waals surface area contributed by atoms with Crippen LogP contribution in [0.2, 0.25) is 0 Å². The zero-order chi connectivity index (χ0) is 37.5. The minimum Gasteiger partial charge on any atom is -0.310 e. The summed E-state index contributed by atoms with van der Waals surface area (Å²) < 4.78 is 2.63. The molecule has 0 saturated carbocycles. The van der Waals surface area contributed by atoms with E-state index in [0.29, 0.717) is 0 Å². The number of anilines is 3. The average Bonchev–Trinajstić information content (AvgIpc) is 3.56. The summed E-state index contributed by atoms with van der Waals surface area (Å²) in [4.78, 5) is 2.42. The number of hydrogen-bond donors (Lipinski definition) is 0. The van der Waals surface area contributed by atoms with Crippen molar-refractivity contribution in [2.24, 2.45) is 0 Å². The first-order chi connectivity index (χ1) is 27.3. The predicted molar refractivity (Wildman–Crippen MR) is 237 cm³/mol. The molecule has 268 valence electrons. The molecule has 1 atom stereocenters. The van der Waals surface area contributed by atoms with Crippen LogP contribution in [0.5, 0.6) is 0 Å². The fourth-order valence-corrected chi connectivity index (χ4v) is 10.6. The van der Waals surface area contributed by atoms with Gasteiger partial charge in [-0.25, -0.2) is 0 Å². The maximum atomic E-state index is 2.63. The molecule has 0 bridgehead atoms. The van der Waals surface area contributed by atoms with Gasteiger partial charge in [-0.15, -0.1) is 0 Å². The molecular weight excluding hydrogens is 677 g/mol. The Balaban J connectivity index is 1.01. The number of fused-ring (bicyclic) bond motifs is 4. The molecule has 2 nitrogen and oxygen atoms in total. The van der Waals surface area contributed by atoms with Crippen molar-refractivity contribution >= 4 is 72.6 Å². The highest BCUT2D eigenvalue weighted by molar-refractivity contribution is 6.14. The smallest absolute Gasteiger partial charge is 0.0582 e. The summed E-state index contributed by atoms with van der Waals surface area (Å²) >= 11 is 0. The molecule has 3 aliphatic rings. The van der Waals surface area contributed by atoms with E-state index in [1.54, 1.807) is 0 Å². The standard InChI is InChI=1S/C54H42N2/c1-53(2)46-16-9-15-44-45-31-40(32-49-51(45)56(50(44)46)52-47(53)17-10-18-48(52)54(49,3)4)38-19-20-39-30-43(26-23-37(39)27-38)55(41-24-21-33-11-5-7-13-35(33)28-41)42-25-22-34-12-6-8-14-36(34)29-42/h5-18,20-32,38H,19H2,1-4H3. The molecule has 3 heterocycles. The number of benzene rings is 8. The number of rotatable bonds is 4. The van der Waals surface area contributed by atoms with E-state index in [0.717, 1.165) is 17.8 Å². The quantitative estimate of drug-likeness (QED) is 0.176. The van der Waals surface area contributed by atoms with E-state index in [1.165, 1.54) is 93.0 Å². The van der Waals surface area contributed by atoms with Crippen LogP contribution in [0.25, 0.3) is 61.2 Å². The Morgan fingerprint density at radius 2 is 1.05 bits per heavy atom. The molecule has 0 saturated heterocycles. The predicted octanol–water partition coefficient (Wildman–Crippen LogP) is 12.6. The monoisotopic (exact) mass is 718 g/mol. The largest absolute Gasteiger partial charge is 0.310 e. The number of para-hydroxylation sites is 2. The minimum absolute atomic E-state index is 0.0709. The first-order valence-corrected chi connectivity index (χ1v) is 20.1. The minimum atomic E-state index is -0.127. The summed E-state index contributed by atoms with van der Waals surface area (Å²) in [6, 6.07) is 57.1. The van der Waals surface area contributed by atoms with Crippen LogP contribution < -0.4 is 15.3 Å². The van der Waals surface area contributed by atoms with Crippen molar-refractivity contribution in [3.05, 3.63) is 190 Å². The molecule has 12 rings (SSSR count). The van der Waals surface area contributed by atoms with Crippen molar-refractivity contribution < 1.29 is 0 Å². The average molecular weight is 719 g/mol. The lowest BCUT2D eigenvalue weighted by Gasteiger charge is -2.42. The van der Waals surface area contributed by atoms with Gasteiger partial charge >= 0.3 is 0 Å². The van der Waals surface area contributed by atoms with E-state index < -0.39 is 0 Å². The van der Waals surface area contributed by atoms with Gasteiger partial charge in [-0.3, -0.25) is 0 Å². The zero-order valence-corrected chi connectivity index (χ0v) is 32.3. The van der Waals surface area contributed by atoms with Crippen LogP contribution in [0, 0.1) is 0 Å². The van der Waals surface area contributed by atoms with Gasteiger partial charge in [0, 0.05) is 44.6 Å². The molecule has 1 aliphatic carbocycles. The molecule has 2 heteroatoms. The van der Waals surface area contributed by atoms with Gasteiger partial charge in [-0.1, -0.05) is 149 Å².